The largest absolute Gasteiger partial charge is 0.476 e. The summed E-state index contributed by atoms with van der Waals surface area (Å²) in [6.45, 7) is 7.90. The zero-order valence-electron chi connectivity index (χ0n) is 16.6. The maximum absolute atomic E-state index is 10.7. The van der Waals surface area contributed by atoms with Gasteiger partial charge in [0.2, 0.25) is 4.38 Å². The number of aliphatic hydroxyl groups excluding tert-OH is 1. The zero-order valence-corrected chi connectivity index (χ0v) is 18.2. The highest BCUT2D eigenvalue weighted by atomic mass is 32.2. The Bertz CT molecular complexity index is 653. The lowest BCUT2D eigenvalue weighted by atomic mass is 10.1. The Morgan fingerprint density at radius 1 is 1.25 bits per heavy atom. The van der Waals surface area contributed by atoms with Crippen molar-refractivity contribution in [3.05, 3.63) is 35.9 Å². The van der Waals surface area contributed by atoms with E-state index < -0.39 is 36.5 Å². The average Bonchev–Trinajstić information content (AvgIpc) is 3.10. The number of hydrogen-bond donors (Lipinski definition) is 1. The monoisotopic (exact) mass is 428 g/mol. The molecular formula is C20H28O6S2. The lowest BCUT2D eigenvalue weighted by molar-refractivity contribution is -0.228. The minimum absolute atomic E-state index is 0.00483. The van der Waals surface area contributed by atoms with Crippen LogP contribution in [-0.2, 0) is 30.3 Å². The van der Waals surface area contributed by atoms with Crippen molar-refractivity contribution < 1.29 is 28.8 Å². The van der Waals surface area contributed by atoms with Gasteiger partial charge in [0.1, 0.15) is 18.3 Å². The van der Waals surface area contributed by atoms with Crippen LogP contribution in [0.5, 0.6) is 0 Å². The highest BCUT2D eigenvalue weighted by Gasteiger charge is 2.57. The topological polar surface area (TPSA) is 66.4 Å². The highest BCUT2D eigenvalue weighted by Crippen LogP contribution is 2.40. The molecule has 8 heteroatoms. The molecule has 2 fully saturated rings. The first-order chi connectivity index (χ1) is 13.2. The molecule has 0 amide bonds. The van der Waals surface area contributed by atoms with Gasteiger partial charge in [-0.2, -0.15) is 0 Å². The number of thiocarbonyl (C=S) groups is 1. The van der Waals surface area contributed by atoms with E-state index in [-0.39, 0.29) is 6.10 Å². The zero-order chi connectivity index (χ0) is 20.3. The van der Waals surface area contributed by atoms with Crippen molar-refractivity contribution in [3.8, 4) is 0 Å². The van der Waals surface area contributed by atoms with Crippen molar-refractivity contribution in [2.75, 3.05) is 5.75 Å². The van der Waals surface area contributed by atoms with Gasteiger partial charge >= 0.3 is 0 Å². The fourth-order valence-corrected chi connectivity index (χ4v) is 4.40. The van der Waals surface area contributed by atoms with Gasteiger partial charge in [0.05, 0.1) is 18.8 Å². The number of thioether (sulfide) groups is 1. The van der Waals surface area contributed by atoms with Crippen molar-refractivity contribution in [2.45, 2.75) is 76.9 Å². The first-order valence-electron chi connectivity index (χ1n) is 9.43. The van der Waals surface area contributed by atoms with Gasteiger partial charge in [0.25, 0.3) is 0 Å². The number of rotatable bonds is 7. The summed E-state index contributed by atoms with van der Waals surface area (Å²) >= 11 is 6.47. The normalized spacial score (nSPS) is 29.6. The predicted octanol–water partition coefficient (Wildman–Crippen LogP) is 3.25. The summed E-state index contributed by atoms with van der Waals surface area (Å²) in [5.74, 6) is -0.411. The van der Waals surface area contributed by atoms with E-state index in [2.05, 4.69) is 0 Å². The molecule has 6 nitrogen and oxygen atoms in total. The van der Waals surface area contributed by atoms with Crippen LogP contribution < -0.4 is 0 Å². The van der Waals surface area contributed by atoms with Gasteiger partial charge in [-0.25, -0.2) is 0 Å². The molecule has 1 N–H and O–H groups in total. The van der Waals surface area contributed by atoms with E-state index in [1.54, 1.807) is 0 Å². The van der Waals surface area contributed by atoms with E-state index >= 15 is 0 Å². The Labute approximate surface area is 175 Å². The van der Waals surface area contributed by atoms with Gasteiger partial charge in [-0.05, 0) is 45.5 Å². The molecule has 1 aromatic rings. The van der Waals surface area contributed by atoms with E-state index in [9.17, 15) is 5.11 Å². The second kappa shape index (κ2) is 9.38. The molecular weight excluding hydrogens is 400 g/mol. The maximum atomic E-state index is 10.7. The summed E-state index contributed by atoms with van der Waals surface area (Å²) in [5, 5.41) is 10.7. The molecule has 2 aliphatic rings. The van der Waals surface area contributed by atoms with Crippen LogP contribution in [0, 0.1) is 0 Å². The molecule has 0 aromatic heterocycles. The van der Waals surface area contributed by atoms with Crippen LogP contribution in [0.15, 0.2) is 30.3 Å². The van der Waals surface area contributed by atoms with E-state index in [4.69, 9.17) is 35.9 Å². The van der Waals surface area contributed by atoms with Crippen molar-refractivity contribution in [1.29, 1.82) is 0 Å². The molecule has 0 aliphatic carbocycles. The summed E-state index contributed by atoms with van der Waals surface area (Å²) in [6.07, 6.45) is -2.81. The fraction of sp³-hybridized carbons (Fsp3) is 0.650. The van der Waals surface area contributed by atoms with E-state index in [1.807, 2.05) is 58.0 Å². The first kappa shape index (κ1) is 22.0. The van der Waals surface area contributed by atoms with Gasteiger partial charge < -0.3 is 28.8 Å². The Balaban J connectivity index is 1.63. The molecule has 156 valence electrons. The van der Waals surface area contributed by atoms with Gasteiger partial charge in [-0.1, -0.05) is 42.1 Å². The molecule has 0 bridgehead atoms. The van der Waals surface area contributed by atoms with Gasteiger partial charge in [-0.3, -0.25) is 0 Å². The van der Waals surface area contributed by atoms with Crippen LogP contribution in [0.1, 0.15) is 33.3 Å². The van der Waals surface area contributed by atoms with Crippen molar-refractivity contribution in [2.24, 2.45) is 0 Å². The number of aliphatic hydroxyl groups is 1. The minimum atomic E-state index is -0.805. The minimum Gasteiger partial charge on any atom is -0.476 e. The van der Waals surface area contributed by atoms with Gasteiger partial charge in [0, 0.05) is 5.75 Å². The third kappa shape index (κ3) is 5.66. The molecule has 2 heterocycles. The molecule has 0 radical (unpaired) electrons. The van der Waals surface area contributed by atoms with E-state index in [0.717, 1.165) is 5.56 Å². The standard InChI is InChI=1S/C20H28O6S2/c1-12(2)23-19(27)28-11-14(21)15-16(22-10-13-8-6-5-7-9-13)17-18(24-15)26-20(3,4)25-17/h5-9,12,14-18,21H,10-11H2,1-4H3/t14-,15+,16-,17+,18+/m0/s1. The van der Waals surface area contributed by atoms with Gasteiger partial charge in [0.15, 0.2) is 12.1 Å². The number of fused-ring (bicyclic) bond motifs is 1. The Hall–Kier alpha value is -0.740. The third-order valence-electron chi connectivity index (χ3n) is 4.40. The first-order valence-corrected chi connectivity index (χ1v) is 10.8. The van der Waals surface area contributed by atoms with Crippen LogP contribution in [0.25, 0.3) is 0 Å². The summed E-state index contributed by atoms with van der Waals surface area (Å²) in [7, 11) is 0. The molecule has 0 unspecified atom stereocenters. The van der Waals surface area contributed by atoms with E-state index in [1.165, 1.54) is 11.8 Å². The van der Waals surface area contributed by atoms with Crippen LogP contribution in [0.4, 0.5) is 0 Å². The summed E-state index contributed by atoms with van der Waals surface area (Å²) in [4.78, 5) is 0. The summed E-state index contributed by atoms with van der Waals surface area (Å²) in [6, 6.07) is 9.87. The molecule has 5 atom stereocenters. The maximum Gasteiger partial charge on any atom is 0.220 e. The lowest BCUT2D eigenvalue weighted by Gasteiger charge is -2.28. The predicted molar refractivity (Wildman–Crippen MR) is 111 cm³/mol. The Morgan fingerprint density at radius 2 is 1.96 bits per heavy atom. The van der Waals surface area contributed by atoms with Crippen molar-refractivity contribution in [3.63, 3.8) is 0 Å². The quantitative estimate of drug-likeness (QED) is 0.664. The summed E-state index contributed by atoms with van der Waals surface area (Å²) < 4.78 is 29.8. The van der Waals surface area contributed by atoms with Crippen LogP contribution in [-0.4, -0.2) is 57.8 Å². The number of benzene rings is 1. The van der Waals surface area contributed by atoms with Gasteiger partial charge in [-0.15, -0.1) is 0 Å². The second-order valence-corrected chi connectivity index (χ2v) is 9.25. The average molecular weight is 429 g/mol. The third-order valence-corrected chi connectivity index (χ3v) is 5.69. The molecule has 0 saturated carbocycles. The molecule has 3 rings (SSSR count). The van der Waals surface area contributed by atoms with Crippen LogP contribution in [0.2, 0.25) is 0 Å². The van der Waals surface area contributed by atoms with Crippen molar-refractivity contribution in [1.82, 2.24) is 0 Å². The van der Waals surface area contributed by atoms with Crippen LogP contribution in [0.3, 0.4) is 0 Å². The fourth-order valence-electron chi connectivity index (χ4n) is 3.24. The molecule has 1 aromatic carbocycles. The lowest BCUT2D eigenvalue weighted by Crippen LogP contribution is -2.43. The molecule has 0 spiro atoms. The van der Waals surface area contributed by atoms with E-state index in [0.29, 0.717) is 16.7 Å². The summed E-state index contributed by atoms with van der Waals surface area (Å²) in [5.41, 5.74) is 1.04. The van der Waals surface area contributed by atoms with Crippen molar-refractivity contribution >= 4 is 28.4 Å². The Kier molecular flexibility index (Phi) is 7.36. The molecule has 2 saturated heterocycles. The molecule has 2 aliphatic heterocycles. The number of ether oxygens (including phenoxy) is 5. The Morgan fingerprint density at radius 3 is 2.64 bits per heavy atom. The SMILES string of the molecule is CC(C)OC(=S)SC[C@H](O)[C@H]1O[C@@H]2OC(C)(C)O[C@@H]2[C@H]1OCc1ccccc1. The smallest absolute Gasteiger partial charge is 0.220 e. The van der Waals surface area contributed by atoms with Crippen LogP contribution >= 0.6 is 24.0 Å². The second-order valence-electron chi connectivity index (χ2n) is 7.63. The molecule has 28 heavy (non-hydrogen) atoms. The number of hydrogen-bond acceptors (Lipinski definition) is 8. The highest BCUT2D eigenvalue weighted by molar-refractivity contribution is 8.22.